The van der Waals surface area contributed by atoms with Gasteiger partial charge in [0.2, 0.25) is 0 Å². The number of hydrogen-bond donors (Lipinski definition) is 0. The van der Waals surface area contributed by atoms with Gasteiger partial charge < -0.3 is 14.9 Å². The first kappa shape index (κ1) is 14.9. The Morgan fingerprint density at radius 1 is 1.58 bits per heavy atom. The molecule has 0 aromatic carbocycles. The van der Waals surface area contributed by atoms with E-state index in [1.54, 1.807) is 0 Å². The molecule has 0 amide bonds. The minimum atomic E-state index is -3.32. The molecule has 0 atom stereocenters. The third kappa shape index (κ3) is 3.63. The Bertz CT molecular complexity index is 508. The lowest BCUT2D eigenvalue weighted by molar-refractivity contribution is -0.389. The molecule has 1 rings (SSSR count). The lowest BCUT2D eigenvalue weighted by atomic mass is 10.1. The van der Waals surface area contributed by atoms with E-state index >= 15 is 0 Å². The highest BCUT2D eigenvalue weighted by Gasteiger charge is 2.28. The Morgan fingerprint density at radius 2 is 2.21 bits per heavy atom. The predicted octanol–water partition coefficient (Wildman–Crippen LogP) is 2.17. The smallest absolute Gasteiger partial charge is 0.364 e. The van der Waals surface area contributed by atoms with Gasteiger partial charge in [-0.1, -0.05) is 0 Å². The van der Waals surface area contributed by atoms with Gasteiger partial charge in [0.15, 0.2) is 5.82 Å². The lowest BCUT2D eigenvalue weighted by Gasteiger charge is -2.05. The molecule has 104 valence electrons. The van der Waals surface area contributed by atoms with Crippen LogP contribution in [0.5, 0.6) is 0 Å². The molecular weight excluding hydrogens is 269 g/mol. The molecule has 0 bridgehead atoms. The molecule has 0 aliphatic heterocycles. The van der Waals surface area contributed by atoms with Crippen LogP contribution in [0.2, 0.25) is 0 Å². The Kier molecular flexibility index (Phi) is 4.79. The molecule has 19 heavy (non-hydrogen) atoms. The van der Waals surface area contributed by atoms with Crippen LogP contribution in [0.1, 0.15) is 24.6 Å². The van der Waals surface area contributed by atoms with E-state index in [0.717, 1.165) is 0 Å². The van der Waals surface area contributed by atoms with Crippen LogP contribution in [0.15, 0.2) is 6.07 Å². The van der Waals surface area contributed by atoms with Crippen molar-refractivity contribution >= 4 is 11.8 Å². The molecule has 9 heteroatoms. The van der Waals surface area contributed by atoms with Crippen LogP contribution in [0.25, 0.3) is 0 Å². The third-order valence-electron chi connectivity index (χ3n) is 2.08. The largest absolute Gasteiger partial charge is 0.466 e. The van der Waals surface area contributed by atoms with Gasteiger partial charge in [0.05, 0.1) is 13.0 Å². The van der Waals surface area contributed by atoms with Crippen molar-refractivity contribution in [1.82, 2.24) is 4.98 Å². The highest BCUT2D eigenvalue weighted by molar-refractivity contribution is 5.72. The van der Waals surface area contributed by atoms with Gasteiger partial charge in [-0.25, -0.2) is 13.2 Å². The average Bonchev–Trinajstić information content (AvgIpc) is 2.31. The molecule has 1 aromatic rings. The second-order valence-electron chi connectivity index (χ2n) is 3.38. The molecule has 0 saturated heterocycles. The van der Waals surface area contributed by atoms with E-state index in [9.17, 15) is 28.1 Å². The molecule has 0 aliphatic rings. The van der Waals surface area contributed by atoms with Crippen LogP contribution in [0.3, 0.4) is 0 Å². The molecule has 0 N–H and O–H groups in total. The van der Waals surface area contributed by atoms with Gasteiger partial charge in [-0.05, 0) is 16.8 Å². The number of pyridine rings is 1. The summed E-state index contributed by atoms with van der Waals surface area (Å²) in [5, 5.41) is 10.5. The summed E-state index contributed by atoms with van der Waals surface area (Å²) in [6, 6.07) is 0.637. The summed E-state index contributed by atoms with van der Waals surface area (Å²) in [5.74, 6) is -3.26. The zero-order valence-electron chi connectivity index (χ0n) is 9.73. The van der Waals surface area contributed by atoms with Crippen LogP contribution in [-0.4, -0.2) is 22.5 Å². The van der Waals surface area contributed by atoms with Crippen LogP contribution < -0.4 is 0 Å². The summed E-state index contributed by atoms with van der Waals surface area (Å²) in [6.07, 6.45) is -4.00. The maximum absolute atomic E-state index is 13.6. The van der Waals surface area contributed by atoms with Gasteiger partial charge in [-0.15, -0.1) is 0 Å². The molecule has 0 radical (unpaired) electrons. The van der Waals surface area contributed by atoms with Crippen molar-refractivity contribution < 1.29 is 27.6 Å². The third-order valence-corrected chi connectivity index (χ3v) is 2.08. The first-order chi connectivity index (χ1) is 8.86. The zero-order chi connectivity index (χ0) is 14.6. The van der Waals surface area contributed by atoms with Gasteiger partial charge in [0, 0.05) is 11.6 Å². The van der Waals surface area contributed by atoms with Crippen LogP contribution in [0.4, 0.5) is 19.0 Å². The number of esters is 1. The molecule has 1 heterocycles. The molecule has 0 aliphatic carbocycles. The number of ether oxygens (including phenoxy) is 1. The number of halogens is 3. The number of alkyl halides is 2. The number of rotatable bonds is 5. The van der Waals surface area contributed by atoms with Gasteiger partial charge in [-0.3, -0.25) is 4.79 Å². The lowest BCUT2D eigenvalue weighted by Crippen LogP contribution is -2.12. The molecule has 0 spiro atoms. The summed E-state index contributed by atoms with van der Waals surface area (Å²) in [7, 11) is 0. The molecule has 0 saturated carbocycles. The normalized spacial score (nSPS) is 10.6. The summed E-state index contributed by atoms with van der Waals surface area (Å²) in [6.45, 7) is 1.53. The fourth-order valence-corrected chi connectivity index (χ4v) is 1.32. The number of carbonyl (C=O) groups excluding carboxylic acids is 1. The first-order valence-corrected chi connectivity index (χ1v) is 5.14. The Hall–Kier alpha value is -2.19. The van der Waals surface area contributed by atoms with Gasteiger partial charge in [-0.2, -0.15) is 0 Å². The van der Waals surface area contributed by atoms with Crippen molar-refractivity contribution in [2.75, 3.05) is 6.61 Å². The van der Waals surface area contributed by atoms with E-state index in [4.69, 9.17) is 0 Å². The van der Waals surface area contributed by atoms with Crippen LogP contribution in [-0.2, 0) is 16.0 Å². The number of nitro groups is 1. The molecule has 6 nitrogen and oxygen atoms in total. The second-order valence-corrected chi connectivity index (χ2v) is 3.38. The Morgan fingerprint density at radius 3 is 2.68 bits per heavy atom. The highest BCUT2D eigenvalue weighted by atomic mass is 19.3. The molecule has 1 aromatic heterocycles. The van der Waals surface area contributed by atoms with Gasteiger partial charge in [0.1, 0.15) is 0 Å². The average molecular weight is 278 g/mol. The van der Waals surface area contributed by atoms with E-state index in [0.29, 0.717) is 6.07 Å². The summed E-state index contributed by atoms with van der Waals surface area (Å²) < 4.78 is 43.1. The second kappa shape index (κ2) is 6.12. The number of aromatic nitrogens is 1. The summed E-state index contributed by atoms with van der Waals surface area (Å²) in [4.78, 5) is 23.5. The first-order valence-electron chi connectivity index (χ1n) is 5.14. The summed E-state index contributed by atoms with van der Waals surface area (Å²) in [5.41, 5.74) is -1.90. The minimum Gasteiger partial charge on any atom is -0.466 e. The van der Waals surface area contributed by atoms with E-state index in [1.807, 2.05) is 0 Å². The van der Waals surface area contributed by atoms with E-state index in [-0.39, 0.29) is 6.61 Å². The standard InChI is InChI=1S/C10H9F3N2O4/c1-2-19-7(16)4-5-3-6(15(17)18)14-9(8(5)11)10(12)13/h3,10H,2,4H2,1H3. The number of nitrogens with zero attached hydrogens (tertiary/aromatic N) is 2. The molecule has 0 fully saturated rings. The number of hydrogen-bond acceptors (Lipinski definition) is 5. The van der Waals surface area contributed by atoms with E-state index < -0.39 is 46.6 Å². The molecular formula is C10H9F3N2O4. The van der Waals surface area contributed by atoms with Gasteiger partial charge in [0.25, 0.3) is 5.69 Å². The van der Waals surface area contributed by atoms with E-state index in [2.05, 4.69) is 9.72 Å². The topological polar surface area (TPSA) is 82.3 Å². The fraction of sp³-hybridized carbons (Fsp3) is 0.400. The van der Waals surface area contributed by atoms with Gasteiger partial charge >= 0.3 is 18.2 Å². The summed E-state index contributed by atoms with van der Waals surface area (Å²) >= 11 is 0. The van der Waals surface area contributed by atoms with Crippen LogP contribution in [0, 0.1) is 15.9 Å². The predicted molar refractivity (Wildman–Crippen MR) is 56.1 cm³/mol. The van der Waals surface area contributed by atoms with Crippen molar-refractivity contribution in [2.45, 2.75) is 19.8 Å². The van der Waals surface area contributed by atoms with Crippen molar-refractivity contribution in [3.8, 4) is 0 Å². The Balaban J connectivity index is 3.21. The van der Waals surface area contributed by atoms with Crippen molar-refractivity contribution in [3.05, 3.63) is 33.3 Å². The fourth-order valence-electron chi connectivity index (χ4n) is 1.32. The quantitative estimate of drug-likeness (QED) is 0.468. The van der Waals surface area contributed by atoms with Crippen molar-refractivity contribution in [1.29, 1.82) is 0 Å². The van der Waals surface area contributed by atoms with Crippen molar-refractivity contribution in [2.24, 2.45) is 0 Å². The SMILES string of the molecule is CCOC(=O)Cc1cc([N+](=O)[O-])nc(C(F)F)c1F. The van der Waals surface area contributed by atoms with Crippen LogP contribution >= 0.6 is 0 Å². The minimum absolute atomic E-state index is 0.0231. The monoisotopic (exact) mass is 278 g/mol. The maximum atomic E-state index is 13.6. The maximum Gasteiger partial charge on any atom is 0.364 e. The Labute approximate surface area is 105 Å². The molecule has 0 unspecified atom stereocenters. The van der Waals surface area contributed by atoms with Crippen molar-refractivity contribution in [3.63, 3.8) is 0 Å². The zero-order valence-corrected chi connectivity index (χ0v) is 9.73. The van der Waals surface area contributed by atoms with E-state index in [1.165, 1.54) is 6.92 Å². The highest BCUT2D eigenvalue weighted by Crippen LogP contribution is 2.26. The number of carbonyl (C=O) groups is 1.